The van der Waals surface area contributed by atoms with Crippen LogP contribution in [0.4, 0.5) is 5.95 Å². The Kier molecular flexibility index (Phi) is 3.65. The highest BCUT2D eigenvalue weighted by Gasteiger charge is 2.20. The smallest absolute Gasteiger partial charge is 0.282 e. The number of hydrogen-bond donors (Lipinski definition) is 1. The lowest BCUT2D eigenvalue weighted by Gasteiger charge is -2.12. The molecule has 0 unspecified atom stereocenters. The fourth-order valence-electron chi connectivity index (χ4n) is 2.52. The maximum atomic E-state index is 12.8. The number of fused-ring (bicyclic) bond motifs is 1. The Balaban J connectivity index is 2.19. The highest BCUT2D eigenvalue weighted by Crippen LogP contribution is 2.27. The number of aromatic nitrogens is 4. The molecule has 0 bridgehead atoms. The Bertz CT molecular complexity index is 935. The maximum absolute atomic E-state index is 12.8. The number of nitrogens with zero attached hydrogens (tertiary/aromatic N) is 4. The van der Waals surface area contributed by atoms with Gasteiger partial charge in [-0.15, -0.1) is 0 Å². The Morgan fingerprint density at radius 3 is 2.78 bits per heavy atom. The average Bonchev–Trinajstić information content (AvgIpc) is 2.91. The summed E-state index contributed by atoms with van der Waals surface area (Å²) in [5.41, 5.74) is 7.75. The van der Waals surface area contributed by atoms with Gasteiger partial charge in [0.25, 0.3) is 5.91 Å². The van der Waals surface area contributed by atoms with Crippen molar-refractivity contribution in [3.05, 3.63) is 40.4 Å². The molecule has 8 heteroatoms. The number of aryl methyl sites for hydroxylation is 1. The van der Waals surface area contributed by atoms with Crippen LogP contribution in [0.5, 0.6) is 5.75 Å². The molecule has 0 spiro atoms. The average molecular weight is 332 g/mol. The van der Waals surface area contributed by atoms with E-state index in [-0.39, 0.29) is 22.7 Å². The summed E-state index contributed by atoms with van der Waals surface area (Å²) in [6.07, 6.45) is 3.17. The van der Waals surface area contributed by atoms with Crippen molar-refractivity contribution < 1.29 is 9.53 Å². The summed E-state index contributed by atoms with van der Waals surface area (Å²) in [5, 5.41) is 0.746. The fraction of sp³-hybridized carbons (Fsp3) is 0.200. The fourth-order valence-corrected chi connectivity index (χ4v) is 2.76. The van der Waals surface area contributed by atoms with Crippen LogP contribution in [0.2, 0.25) is 5.15 Å². The van der Waals surface area contributed by atoms with Gasteiger partial charge in [0.1, 0.15) is 16.6 Å². The molecule has 0 saturated carbocycles. The quantitative estimate of drug-likeness (QED) is 0.724. The van der Waals surface area contributed by atoms with Gasteiger partial charge in [-0.25, -0.2) is 4.98 Å². The minimum Gasteiger partial charge on any atom is -0.496 e. The molecule has 0 amide bonds. The number of halogens is 1. The second-order valence-electron chi connectivity index (χ2n) is 5.05. The lowest BCUT2D eigenvalue weighted by molar-refractivity contribution is 0.0958. The van der Waals surface area contributed by atoms with E-state index in [1.807, 2.05) is 6.92 Å². The zero-order valence-corrected chi connectivity index (χ0v) is 13.5. The molecule has 3 heterocycles. The van der Waals surface area contributed by atoms with Crippen LogP contribution >= 0.6 is 11.6 Å². The first-order valence-corrected chi connectivity index (χ1v) is 7.16. The molecule has 118 valence electrons. The molecular weight excluding hydrogens is 318 g/mol. The molecule has 0 radical (unpaired) electrons. The van der Waals surface area contributed by atoms with Gasteiger partial charge in [0.05, 0.1) is 12.5 Å². The molecule has 23 heavy (non-hydrogen) atoms. The number of rotatable bonds is 2. The van der Waals surface area contributed by atoms with E-state index in [1.165, 1.54) is 4.57 Å². The molecule has 7 nitrogen and oxygen atoms in total. The Morgan fingerprint density at radius 1 is 1.35 bits per heavy atom. The van der Waals surface area contributed by atoms with Gasteiger partial charge in [-0.1, -0.05) is 11.6 Å². The number of nitrogen functional groups attached to an aromatic ring is 1. The number of methoxy groups -OCH3 is 1. The van der Waals surface area contributed by atoms with Gasteiger partial charge in [0.2, 0.25) is 5.95 Å². The summed E-state index contributed by atoms with van der Waals surface area (Å²) in [4.78, 5) is 25.1. The van der Waals surface area contributed by atoms with E-state index >= 15 is 0 Å². The summed E-state index contributed by atoms with van der Waals surface area (Å²) in [6.45, 7) is 3.65. The third kappa shape index (κ3) is 2.39. The molecule has 0 atom stereocenters. The van der Waals surface area contributed by atoms with Crippen LogP contribution in [0.15, 0.2) is 18.5 Å². The van der Waals surface area contributed by atoms with Gasteiger partial charge in [0.15, 0.2) is 5.65 Å². The molecule has 0 aromatic carbocycles. The molecule has 3 aromatic heterocycles. The van der Waals surface area contributed by atoms with Crippen LogP contribution < -0.4 is 10.5 Å². The Morgan fingerprint density at radius 2 is 2.09 bits per heavy atom. The molecule has 0 aliphatic rings. The van der Waals surface area contributed by atoms with Crippen LogP contribution in [0.25, 0.3) is 11.0 Å². The van der Waals surface area contributed by atoms with E-state index < -0.39 is 0 Å². The first-order valence-electron chi connectivity index (χ1n) is 6.79. The van der Waals surface area contributed by atoms with Gasteiger partial charge < -0.3 is 10.5 Å². The molecule has 0 saturated heterocycles. The molecule has 0 fully saturated rings. The summed E-state index contributed by atoms with van der Waals surface area (Å²) in [6, 6.07) is 1.66. The van der Waals surface area contributed by atoms with E-state index in [9.17, 15) is 4.79 Å². The van der Waals surface area contributed by atoms with Crippen LogP contribution in [-0.2, 0) is 0 Å². The van der Waals surface area contributed by atoms with Crippen LogP contribution in [0.3, 0.4) is 0 Å². The van der Waals surface area contributed by atoms with Crippen LogP contribution in [0.1, 0.15) is 21.6 Å². The maximum Gasteiger partial charge on any atom is 0.282 e. The van der Waals surface area contributed by atoms with E-state index in [1.54, 1.807) is 32.5 Å². The number of ether oxygens (including phenoxy) is 1. The van der Waals surface area contributed by atoms with E-state index in [4.69, 9.17) is 22.1 Å². The minimum absolute atomic E-state index is 0.00131. The second-order valence-corrected chi connectivity index (χ2v) is 5.41. The van der Waals surface area contributed by atoms with Crippen molar-refractivity contribution in [3.8, 4) is 5.75 Å². The molecule has 3 aromatic rings. The Hall–Kier alpha value is -2.67. The SMILES string of the molecule is COc1c(C)cnc(C(=O)n2ccc3c(Cl)nc(N)nc32)c1C. The van der Waals surface area contributed by atoms with Crippen LogP contribution in [0, 0.1) is 13.8 Å². The first-order chi connectivity index (χ1) is 10.9. The van der Waals surface area contributed by atoms with Gasteiger partial charge in [-0.2, -0.15) is 4.98 Å². The first kappa shape index (κ1) is 15.2. The number of carbonyl (C=O) groups excluding carboxylic acids is 1. The summed E-state index contributed by atoms with van der Waals surface area (Å²) in [7, 11) is 1.56. The standard InChI is InChI=1S/C15H14ClN5O2/c1-7-6-18-10(8(2)11(7)23-3)14(22)21-5-4-9-12(16)19-15(17)20-13(9)21/h4-6H,1-3H3,(H2,17,19,20). The predicted octanol–water partition coefficient (Wildman–Crippen LogP) is 2.38. The highest BCUT2D eigenvalue weighted by molar-refractivity contribution is 6.34. The summed E-state index contributed by atoms with van der Waals surface area (Å²) >= 11 is 6.03. The van der Waals surface area contributed by atoms with Crippen molar-refractivity contribution in [1.29, 1.82) is 0 Å². The van der Waals surface area contributed by atoms with Gasteiger partial charge in [0, 0.05) is 23.5 Å². The van der Waals surface area contributed by atoms with Crippen molar-refractivity contribution in [2.24, 2.45) is 0 Å². The normalized spacial score (nSPS) is 11.0. The topological polar surface area (TPSA) is 95.9 Å². The largest absolute Gasteiger partial charge is 0.496 e. The van der Waals surface area contributed by atoms with Crippen molar-refractivity contribution >= 4 is 34.5 Å². The number of carbonyl (C=O) groups is 1. The van der Waals surface area contributed by atoms with E-state index in [2.05, 4.69) is 15.0 Å². The van der Waals surface area contributed by atoms with Gasteiger partial charge >= 0.3 is 0 Å². The monoisotopic (exact) mass is 331 g/mol. The van der Waals surface area contributed by atoms with Crippen molar-refractivity contribution in [2.45, 2.75) is 13.8 Å². The lowest BCUT2D eigenvalue weighted by Crippen LogP contribution is -2.16. The lowest BCUT2D eigenvalue weighted by atomic mass is 10.1. The molecule has 3 rings (SSSR count). The van der Waals surface area contributed by atoms with Crippen LogP contribution in [-0.4, -0.2) is 32.5 Å². The van der Waals surface area contributed by atoms with Gasteiger partial charge in [-0.05, 0) is 19.9 Å². The second kappa shape index (κ2) is 5.51. The predicted molar refractivity (Wildman–Crippen MR) is 86.9 cm³/mol. The molecular formula is C15H14ClN5O2. The summed E-state index contributed by atoms with van der Waals surface area (Å²) < 4.78 is 6.69. The number of anilines is 1. The molecule has 0 aliphatic carbocycles. The molecule has 0 aliphatic heterocycles. The van der Waals surface area contributed by atoms with Gasteiger partial charge in [-0.3, -0.25) is 14.3 Å². The van der Waals surface area contributed by atoms with Crippen molar-refractivity contribution in [1.82, 2.24) is 19.5 Å². The molecule has 2 N–H and O–H groups in total. The van der Waals surface area contributed by atoms with Crippen molar-refractivity contribution in [3.63, 3.8) is 0 Å². The van der Waals surface area contributed by atoms with E-state index in [0.717, 1.165) is 5.56 Å². The van der Waals surface area contributed by atoms with Crippen molar-refractivity contribution in [2.75, 3.05) is 12.8 Å². The third-order valence-corrected chi connectivity index (χ3v) is 3.87. The van der Waals surface area contributed by atoms with E-state index in [0.29, 0.717) is 22.3 Å². The summed E-state index contributed by atoms with van der Waals surface area (Å²) in [5.74, 6) is 0.290. The third-order valence-electron chi connectivity index (χ3n) is 3.58. The highest BCUT2D eigenvalue weighted by atomic mass is 35.5. The number of nitrogens with two attached hydrogens (primary N) is 1. The minimum atomic E-state index is -0.343. The number of pyridine rings is 1. The zero-order chi connectivity index (χ0) is 16.7. The zero-order valence-electron chi connectivity index (χ0n) is 12.8. The number of hydrogen-bond acceptors (Lipinski definition) is 6. The Labute approximate surface area is 137 Å².